The fraction of sp³-hybridized carbons (Fsp3) is 0.714. The Morgan fingerprint density at radius 3 is 2.82 bits per heavy atom. The molecule has 1 saturated carbocycles. The van der Waals surface area contributed by atoms with Crippen LogP contribution in [0.1, 0.15) is 45.4 Å². The molecule has 1 rings (SSSR count). The number of carbonyl (C=O) groups excluding carboxylic acids is 2. The summed E-state index contributed by atoms with van der Waals surface area (Å²) in [5.74, 6) is 0.364. The summed E-state index contributed by atoms with van der Waals surface area (Å²) >= 11 is 0. The van der Waals surface area contributed by atoms with Gasteiger partial charge in [0.1, 0.15) is 5.78 Å². The van der Waals surface area contributed by atoms with Gasteiger partial charge >= 0.3 is 5.97 Å². The van der Waals surface area contributed by atoms with Crippen LogP contribution in [0.5, 0.6) is 0 Å². The molecular formula is C14H22O3. The second kappa shape index (κ2) is 5.99. The van der Waals surface area contributed by atoms with Crippen LogP contribution in [0.2, 0.25) is 0 Å². The van der Waals surface area contributed by atoms with Crippen molar-refractivity contribution >= 4 is 11.8 Å². The number of ether oxygens (including phenoxy) is 1. The molecule has 0 unspecified atom stereocenters. The summed E-state index contributed by atoms with van der Waals surface area (Å²) in [6, 6.07) is 0. The van der Waals surface area contributed by atoms with Gasteiger partial charge in [-0.1, -0.05) is 13.0 Å². The molecule has 1 fully saturated rings. The van der Waals surface area contributed by atoms with Crippen molar-refractivity contribution in [3.63, 3.8) is 0 Å². The SMILES string of the molecule is C=CC[C@H]1CC[C@@](CC)(CC(=O)OC)C(=O)C1. The largest absolute Gasteiger partial charge is 0.469 e. The lowest BCUT2D eigenvalue weighted by Gasteiger charge is -2.37. The van der Waals surface area contributed by atoms with Gasteiger partial charge in [0, 0.05) is 11.8 Å². The lowest BCUT2D eigenvalue weighted by molar-refractivity contribution is -0.149. The molecule has 0 aliphatic heterocycles. The highest BCUT2D eigenvalue weighted by molar-refractivity contribution is 5.89. The van der Waals surface area contributed by atoms with Crippen molar-refractivity contribution in [1.29, 1.82) is 0 Å². The molecular weight excluding hydrogens is 216 g/mol. The second-order valence-electron chi connectivity index (χ2n) is 4.94. The van der Waals surface area contributed by atoms with Gasteiger partial charge in [-0.15, -0.1) is 6.58 Å². The van der Waals surface area contributed by atoms with Crippen molar-refractivity contribution in [2.45, 2.75) is 45.4 Å². The van der Waals surface area contributed by atoms with Crippen LogP contribution in [-0.4, -0.2) is 18.9 Å². The standard InChI is InChI=1S/C14H22O3/c1-4-6-11-7-8-14(5-2,12(15)9-11)10-13(16)17-3/h4,11H,1,5-10H2,2-3H3/t11-,14-/m0/s1. The van der Waals surface area contributed by atoms with Crippen LogP contribution >= 0.6 is 0 Å². The zero-order chi connectivity index (χ0) is 12.9. The molecule has 0 spiro atoms. The Balaban J connectivity index is 2.71. The molecule has 1 aliphatic rings. The molecule has 0 amide bonds. The van der Waals surface area contributed by atoms with Crippen molar-refractivity contribution in [3.8, 4) is 0 Å². The molecule has 0 N–H and O–H groups in total. The van der Waals surface area contributed by atoms with E-state index < -0.39 is 5.41 Å². The Morgan fingerprint density at radius 2 is 2.35 bits per heavy atom. The molecule has 0 bridgehead atoms. The first kappa shape index (κ1) is 13.9. The quantitative estimate of drug-likeness (QED) is 0.546. The number of hydrogen-bond acceptors (Lipinski definition) is 3. The minimum absolute atomic E-state index is 0.225. The van der Waals surface area contributed by atoms with Crippen LogP contribution < -0.4 is 0 Å². The highest BCUT2D eigenvalue weighted by Crippen LogP contribution is 2.42. The summed E-state index contributed by atoms with van der Waals surface area (Å²) in [6.07, 6.45) is 6.11. The second-order valence-corrected chi connectivity index (χ2v) is 4.94. The molecule has 17 heavy (non-hydrogen) atoms. The Morgan fingerprint density at radius 1 is 1.65 bits per heavy atom. The van der Waals surface area contributed by atoms with E-state index >= 15 is 0 Å². The molecule has 96 valence electrons. The topological polar surface area (TPSA) is 43.4 Å². The number of esters is 1. The molecule has 0 heterocycles. The van der Waals surface area contributed by atoms with Crippen molar-refractivity contribution in [3.05, 3.63) is 12.7 Å². The molecule has 0 aromatic rings. The summed E-state index contributed by atoms with van der Waals surface area (Å²) in [4.78, 5) is 23.6. The minimum Gasteiger partial charge on any atom is -0.469 e. The highest BCUT2D eigenvalue weighted by atomic mass is 16.5. The molecule has 0 radical (unpaired) electrons. The molecule has 3 heteroatoms. The predicted molar refractivity (Wildman–Crippen MR) is 66.5 cm³/mol. The van der Waals surface area contributed by atoms with E-state index in [0.717, 1.165) is 25.7 Å². The predicted octanol–water partition coefficient (Wildman–Crippen LogP) is 2.89. The van der Waals surface area contributed by atoms with Gasteiger partial charge in [-0.2, -0.15) is 0 Å². The average Bonchev–Trinajstić information content (AvgIpc) is 2.33. The number of ketones is 1. The lowest BCUT2D eigenvalue weighted by Crippen LogP contribution is -2.38. The summed E-state index contributed by atoms with van der Waals surface area (Å²) in [5, 5.41) is 0. The first-order valence-electron chi connectivity index (χ1n) is 6.29. The summed E-state index contributed by atoms with van der Waals surface area (Å²) in [6.45, 7) is 5.69. The van der Waals surface area contributed by atoms with Crippen molar-refractivity contribution in [2.24, 2.45) is 11.3 Å². The first-order valence-corrected chi connectivity index (χ1v) is 6.29. The van der Waals surface area contributed by atoms with Crippen LogP contribution in [-0.2, 0) is 14.3 Å². The van der Waals surface area contributed by atoms with Gasteiger partial charge in [-0.3, -0.25) is 9.59 Å². The van der Waals surface area contributed by atoms with Crippen LogP contribution in [0.25, 0.3) is 0 Å². The molecule has 0 saturated heterocycles. The van der Waals surface area contributed by atoms with Gasteiger partial charge in [0.05, 0.1) is 13.5 Å². The third-order valence-corrected chi connectivity index (χ3v) is 3.98. The van der Waals surface area contributed by atoms with Gasteiger partial charge in [-0.05, 0) is 31.6 Å². The third-order valence-electron chi connectivity index (χ3n) is 3.98. The number of Topliss-reactive ketones (excluding diaryl/α,β-unsaturated/α-hetero) is 1. The fourth-order valence-electron chi connectivity index (χ4n) is 2.67. The minimum atomic E-state index is -0.467. The van der Waals surface area contributed by atoms with Gasteiger partial charge in [0.2, 0.25) is 0 Å². The fourth-order valence-corrected chi connectivity index (χ4v) is 2.67. The summed E-state index contributed by atoms with van der Waals surface area (Å²) in [5.41, 5.74) is -0.467. The monoisotopic (exact) mass is 238 g/mol. The van der Waals surface area contributed by atoms with Crippen molar-refractivity contribution in [1.82, 2.24) is 0 Å². The van der Waals surface area contributed by atoms with Crippen LogP contribution in [0, 0.1) is 11.3 Å². The van der Waals surface area contributed by atoms with E-state index in [1.54, 1.807) is 0 Å². The van der Waals surface area contributed by atoms with E-state index in [0.29, 0.717) is 12.3 Å². The Hall–Kier alpha value is -1.12. The number of allylic oxidation sites excluding steroid dienone is 1. The molecule has 0 aromatic carbocycles. The van der Waals surface area contributed by atoms with Crippen molar-refractivity contribution < 1.29 is 14.3 Å². The molecule has 2 atom stereocenters. The van der Waals surface area contributed by atoms with Crippen LogP contribution in [0.3, 0.4) is 0 Å². The van der Waals surface area contributed by atoms with Gasteiger partial charge < -0.3 is 4.74 Å². The summed E-state index contributed by atoms with van der Waals surface area (Å²) in [7, 11) is 1.37. The molecule has 0 aromatic heterocycles. The maximum Gasteiger partial charge on any atom is 0.306 e. The van der Waals surface area contributed by atoms with Gasteiger partial charge in [0.15, 0.2) is 0 Å². The van der Waals surface area contributed by atoms with E-state index in [1.807, 2.05) is 13.0 Å². The van der Waals surface area contributed by atoms with Gasteiger partial charge in [-0.25, -0.2) is 0 Å². The van der Waals surface area contributed by atoms with E-state index in [2.05, 4.69) is 6.58 Å². The summed E-state index contributed by atoms with van der Waals surface area (Å²) < 4.78 is 4.70. The van der Waals surface area contributed by atoms with Crippen molar-refractivity contribution in [2.75, 3.05) is 7.11 Å². The third kappa shape index (κ3) is 3.18. The molecule has 1 aliphatic carbocycles. The Bertz CT molecular complexity index is 309. The highest BCUT2D eigenvalue weighted by Gasteiger charge is 2.42. The zero-order valence-corrected chi connectivity index (χ0v) is 10.8. The average molecular weight is 238 g/mol. The number of carbonyl (C=O) groups is 2. The number of rotatable bonds is 5. The Labute approximate surface area is 103 Å². The number of hydrogen-bond donors (Lipinski definition) is 0. The Kier molecular flexibility index (Phi) is 4.91. The van der Waals surface area contributed by atoms with E-state index in [1.165, 1.54) is 7.11 Å². The van der Waals surface area contributed by atoms with Gasteiger partial charge in [0.25, 0.3) is 0 Å². The maximum absolute atomic E-state index is 12.2. The van der Waals surface area contributed by atoms with E-state index in [9.17, 15) is 9.59 Å². The van der Waals surface area contributed by atoms with E-state index in [-0.39, 0.29) is 18.2 Å². The van der Waals surface area contributed by atoms with Crippen LogP contribution in [0.15, 0.2) is 12.7 Å². The zero-order valence-electron chi connectivity index (χ0n) is 10.8. The normalized spacial score (nSPS) is 28.8. The number of methoxy groups -OCH3 is 1. The maximum atomic E-state index is 12.2. The van der Waals surface area contributed by atoms with Crippen LogP contribution in [0.4, 0.5) is 0 Å². The lowest BCUT2D eigenvalue weighted by atomic mass is 9.65. The van der Waals surface area contributed by atoms with E-state index in [4.69, 9.17) is 4.74 Å². The first-order chi connectivity index (χ1) is 8.07. The molecule has 3 nitrogen and oxygen atoms in total. The smallest absolute Gasteiger partial charge is 0.306 e.